The van der Waals surface area contributed by atoms with E-state index in [1.165, 1.54) is 44.8 Å². The van der Waals surface area contributed by atoms with Gasteiger partial charge in [0, 0.05) is 45.0 Å². The van der Waals surface area contributed by atoms with Crippen LogP contribution in [0.5, 0.6) is 5.75 Å². The number of anilines is 1. The number of piperazine rings is 1. The van der Waals surface area contributed by atoms with Crippen LogP contribution in [0.3, 0.4) is 0 Å². The number of ether oxygens (including phenoxy) is 1. The Balaban J connectivity index is 1.52. The zero-order valence-corrected chi connectivity index (χ0v) is 13.3. The van der Waals surface area contributed by atoms with Crippen LogP contribution < -0.4 is 15.0 Å². The SMILES string of the molecule is COc1ccc(N2CCN(CC3(C)CCNC3)CC2)cc1. The third-order valence-electron chi connectivity index (χ3n) is 4.87. The van der Waals surface area contributed by atoms with E-state index < -0.39 is 0 Å². The Hall–Kier alpha value is -1.26. The number of rotatable bonds is 4. The fourth-order valence-corrected chi connectivity index (χ4v) is 3.50. The average molecular weight is 289 g/mol. The zero-order valence-electron chi connectivity index (χ0n) is 13.3. The van der Waals surface area contributed by atoms with Crippen LogP contribution in [0.25, 0.3) is 0 Å². The molecule has 116 valence electrons. The molecule has 0 aliphatic carbocycles. The summed E-state index contributed by atoms with van der Waals surface area (Å²) in [5.41, 5.74) is 1.78. The van der Waals surface area contributed by atoms with Crippen molar-refractivity contribution >= 4 is 5.69 Å². The molecule has 21 heavy (non-hydrogen) atoms. The Bertz CT molecular complexity index is 446. The van der Waals surface area contributed by atoms with Crippen LogP contribution in [-0.4, -0.2) is 57.8 Å². The lowest BCUT2D eigenvalue weighted by Gasteiger charge is -2.39. The molecule has 2 aliphatic heterocycles. The highest BCUT2D eigenvalue weighted by atomic mass is 16.5. The molecule has 1 aromatic carbocycles. The molecule has 3 rings (SSSR count). The monoisotopic (exact) mass is 289 g/mol. The van der Waals surface area contributed by atoms with E-state index >= 15 is 0 Å². The summed E-state index contributed by atoms with van der Waals surface area (Å²) in [5, 5.41) is 3.50. The van der Waals surface area contributed by atoms with Crippen molar-refractivity contribution in [2.75, 3.05) is 57.8 Å². The van der Waals surface area contributed by atoms with Gasteiger partial charge in [0.05, 0.1) is 7.11 Å². The molecule has 0 radical (unpaired) electrons. The van der Waals surface area contributed by atoms with E-state index in [0.717, 1.165) is 18.8 Å². The van der Waals surface area contributed by atoms with Gasteiger partial charge >= 0.3 is 0 Å². The Labute approximate surface area is 128 Å². The summed E-state index contributed by atoms with van der Waals surface area (Å²) in [6, 6.07) is 8.42. The van der Waals surface area contributed by atoms with Crippen molar-refractivity contribution in [3.05, 3.63) is 24.3 Å². The topological polar surface area (TPSA) is 27.7 Å². The van der Waals surface area contributed by atoms with E-state index in [1.54, 1.807) is 7.11 Å². The smallest absolute Gasteiger partial charge is 0.119 e. The van der Waals surface area contributed by atoms with Gasteiger partial charge < -0.3 is 15.0 Å². The predicted octanol–water partition coefficient (Wildman–Crippen LogP) is 1.82. The second-order valence-electron chi connectivity index (χ2n) is 6.70. The minimum atomic E-state index is 0.474. The van der Waals surface area contributed by atoms with E-state index in [0.29, 0.717) is 5.41 Å². The number of hydrogen-bond acceptors (Lipinski definition) is 4. The van der Waals surface area contributed by atoms with Gasteiger partial charge in [0.1, 0.15) is 5.75 Å². The zero-order chi connectivity index (χ0) is 14.7. The molecule has 2 fully saturated rings. The Morgan fingerprint density at radius 1 is 1.14 bits per heavy atom. The number of methoxy groups -OCH3 is 1. The molecule has 1 unspecified atom stereocenters. The fraction of sp³-hybridized carbons (Fsp3) is 0.647. The molecule has 0 bridgehead atoms. The van der Waals surface area contributed by atoms with Gasteiger partial charge in [0.25, 0.3) is 0 Å². The second kappa shape index (κ2) is 6.24. The fourth-order valence-electron chi connectivity index (χ4n) is 3.50. The van der Waals surface area contributed by atoms with Crippen molar-refractivity contribution in [3.8, 4) is 5.75 Å². The number of nitrogens with zero attached hydrogens (tertiary/aromatic N) is 2. The molecule has 1 atom stereocenters. The summed E-state index contributed by atoms with van der Waals surface area (Å²) in [4.78, 5) is 5.11. The summed E-state index contributed by atoms with van der Waals surface area (Å²) < 4.78 is 5.23. The van der Waals surface area contributed by atoms with Crippen LogP contribution in [0.15, 0.2) is 24.3 Å². The van der Waals surface area contributed by atoms with Crippen molar-refractivity contribution in [1.29, 1.82) is 0 Å². The van der Waals surface area contributed by atoms with Crippen LogP contribution in [0.1, 0.15) is 13.3 Å². The normalized spacial score (nSPS) is 27.0. The highest BCUT2D eigenvalue weighted by molar-refractivity contribution is 5.49. The lowest BCUT2D eigenvalue weighted by molar-refractivity contribution is 0.169. The highest BCUT2D eigenvalue weighted by Crippen LogP contribution is 2.27. The van der Waals surface area contributed by atoms with Crippen LogP contribution in [0.4, 0.5) is 5.69 Å². The first-order valence-electron chi connectivity index (χ1n) is 8.01. The van der Waals surface area contributed by atoms with Gasteiger partial charge in [-0.1, -0.05) is 6.92 Å². The molecule has 0 saturated carbocycles. The minimum Gasteiger partial charge on any atom is -0.497 e. The van der Waals surface area contributed by atoms with E-state index in [1.807, 2.05) is 12.1 Å². The molecule has 0 aromatic heterocycles. The maximum atomic E-state index is 5.23. The third-order valence-corrected chi connectivity index (χ3v) is 4.87. The van der Waals surface area contributed by atoms with Crippen molar-refractivity contribution in [3.63, 3.8) is 0 Å². The van der Waals surface area contributed by atoms with Gasteiger partial charge in [0.15, 0.2) is 0 Å². The summed E-state index contributed by atoms with van der Waals surface area (Å²) in [5.74, 6) is 0.930. The first-order valence-corrected chi connectivity index (χ1v) is 8.01. The maximum absolute atomic E-state index is 5.23. The average Bonchev–Trinajstić information content (AvgIpc) is 2.94. The van der Waals surface area contributed by atoms with Gasteiger partial charge in [-0.25, -0.2) is 0 Å². The number of benzene rings is 1. The van der Waals surface area contributed by atoms with Crippen molar-refractivity contribution in [2.24, 2.45) is 5.41 Å². The quantitative estimate of drug-likeness (QED) is 0.915. The highest BCUT2D eigenvalue weighted by Gasteiger charge is 2.31. The Kier molecular flexibility index (Phi) is 4.36. The molecular formula is C17H27N3O. The molecule has 2 saturated heterocycles. The van der Waals surface area contributed by atoms with Gasteiger partial charge in [-0.15, -0.1) is 0 Å². The van der Waals surface area contributed by atoms with Crippen molar-refractivity contribution in [1.82, 2.24) is 10.2 Å². The predicted molar refractivity (Wildman–Crippen MR) is 87.2 cm³/mol. The summed E-state index contributed by atoms with van der Waals surface area (Å²) in [7, 11) is 1.71. The largest absolute Gasteiger partial charge is 0.497 e. The van der Waals surface area contributed by atoms with Gasteiger partial charge in [-0.05, 0) is 42.6 Å². The Morgan fingerprint density at radius 3 is 2.43 bits per heavy atom. The lowest BCUT2D eigenvalue weighted by Crippen LogP contribution is -2.49. The van der Waals surface area contributed by atoms with Gasteiger partial charge in [-0.3, -0.25) is 4.90 Å². The van der Waals surface area contributed by atoms with E-state index in [-0.39, 0.29) is 0 Å². The lowest BCUT2D eigenvalue weighted by atomic mass is 9.89. The Morgan fingerprint density at radius 2 is 1.86 bits per heavy atom. The number of nitrogens with one attached hydrogen (secondary N) is 1. The molecule has 4 nitrogen and oxygen atoms in total. The first-order chi connectivity index (χ1) is 10.2. The van der Waals surface area contributed by atoms with Crippen LogP contribution in [-0.2, 0) is 0 Å². The molecule has 1 N–H and O–H groups in total. The van der Waals surface area contributed by atoms with Crippen molar-refractivity contribution < 1.29 is 4.74 Å². The standard InChI is InChI=1S/C17H27N3O/c1-17(7-8-18-13-17)14-19-9-11-20(12-10-19)15-3-5-16(21-2)6-4-15/h3-6,18H,7-14H2,1-2H3. The molecule has 2 heterocycles. The first kappa shape index (κ1) is 14.7. The summed E-state index contributed by atoms with van der Waals surface area (Å²) in [6.07, 6.45) is 1.31. The van der Waals surface area contributed by atoms with Crippen LogP contribution >= 0.6 is 0 Å². The molecule has 0 amide bonds. The van der Waals surface area contributed by atoms with E-state index in [4.69, 9.17) is 4.74 Å². The van der Waals surface area contributed by atoms with Crippen LogP contribution in [0, 0.1) is 5.41 Å². The third kappa shape index (κ3) is 3.50. The van der Waals surface area contributed by atoms with Crippen LogP contribution in [0.2, 0.25) is 0 Å². The number of hydrogen-bond donors (Lipinski definition) is 1. The maximum Gasteiger partial charge on any atom is 0.119 e. The molecule has 2 aliphatic rings. The molecule has 4 heteroatoms. The summed E-state index contributed by atoms with van der Waals surface area (Å²) >= 11 is 0. The minimum absolute atomic E-state index is 0.474. The van der Waals surface area contributed by atoms with E-state index in [9.17, 15) is 0 Å². The molecule has 1 aromatic rings. The molecule has 0 spiro atoms. The van der Waals surface area contributed by atoms with Crippen molar-refractivity contribution in [2.45, 2.75) is 13.3 Å². The summed E-state index contributed by atoms with van der Waals surface area (Å²) in [6.45, 7) is 10.6. The second-order valence-corrected chi connectivity index (χ2v) is 6.70. The molecular weight excluding hydrogens is 262 g/mol. The van der Waals surface area contributed by atoms with Gasteiger partial charge in [0.2, 0.25) is 0 Å². The van der Waals surface area contributed by atoms with Gasteiger partial charge in [-0.2, -0.15) is 0 Å². The van der Waals surface area contributed by atoms with E-state index in [2.05, 4.69) is 34.2 Å².